The van der Waals surface area contributed by atoms with Crippen molar-refractivity contribution >= 4 is 17.3 Å². The molecule has 0 saturated heterocycles. The fourth-order valence-electron chi connectivity index (χ4n) is 2.53. The highest BCUT2D eigenvalue weighted by atomic mass is 19.1. The van der Waals surface area contributed by atoms with Crippen LogP contribution < -0.4 is 10.2 Å². The van der Waals surface area contributed by atoms with E-state index in [-0.39, 0.29) is 18.3 Å². The third-order valence-electron chi connectivity index (χ3n) is 3.62. The van der Waals surface area contributed by atoms with Crippen molar-refractivity contribution in [2.24, 2.45) is 0 Å². The minimum absolute atomic E-state index is 0.0219. The number of fused-ring (bicyclic) bond motifs is 1. The minimum atomic E-state index is -1.06. The molecule has 1 aromatic carbocycles. The Labute approximate surface area is 134 Å². The van der Waals surface area contributed by atoms with Gasteiger partial charge in [0.05, 0.1) is 23.6 Å². The molecule has 9 nitrogen and oxygen atoms in total. The van der Waals surface area contributed by atoms with E-state index in [0.717, 1.165) is 0 Å². The van der Waals surface area contributed by atoms with Gasteiger partial charge >= 0.3 is 0 Å². The van der Waals surface area contributed by atoms with Crippen LogP contribution in [-0.2, 0) is 13.1 Å². The highest BCUT2D eigenvalue weighted by Crippen LogP contribution is 2.28. The number of non-ortho nitro benzene ring substituents is 1. The van der Waals surface area contributed by atoms with Crippen molar-refractivity contribution in [2.45, 2.75) is 13.1 Å². The molecule has 2 heterocycles. The van der Waals surface area contributed by atoms with E-state index in [1.54, 1.807) is 4.57 Å². The monoisotopic (exact) mass is 338 g/mol. The van der Waals surface area contributed by atoms with Gasteiger partial charge in [-0.3, -0.25) is 14.9 Å². The SMILES string of the molecule is CN(Cc1nnc2n1CCNC2=O)c1c(F)cc([N+](=O)[O-])cc1F. The number of amides is 1. The Morgan fingerprint density at radius 1 is 1.38 bits per heavy atom. The van der Waals surface area contributed by atoms with Gasteiger partial charge < -0.3 is 14.8 Å². The van der Waals surface area contributed by atoms with Crippen LogP contribution in [0.1, 0.15) is 16.4 Å². The van der Waals surface area contributed by atoms with Crippen LogP contribution in [0.3, 0.4) is 0 Å². The van der Waals surface area contributed by atoms with Crippen LogP contribution in [0.25, 0.3) is 0 Å². The minimum Gasteiger partial charge on any atom is -0.362 e. The molecule has 0 atom stereocenters. The first-order valence-corrected chi connectivity index (χ1v) is 6.93. The Kier molecular flexibility index (Phi) is 3.83. The van der Waals surface area contributed by atoms with Crippen molar-refractivity contribution in [3.05, 3.63) is 45.5 Å². The van der Waals surface area contributed by atoms with E-state index in [9.17, 15) is 23.7 Å². The Morgan fingerprint density at radius 2 is 2.04 bits per heavy atom. The van der Waals surface area contributed by atoms with E-state index in [1.807, 2.05) is 0 Å². The van der Waals surface area contributed by atoms with Crippen molar-refractivity contribution in [1.29, 1.82) is 0 Å². The lowest BCUT2D eigenvalue weighted by Gasteiger charge is -2.21. The summed E-state index contributed by atoms with van der Waals surface area (Å²) in [6.07, 6.45) is 0. The van der Waals surface area contributed by atoms with Crippen LogP contribution in [-0.4, -0.2) is 39.2 Å². The lowest BCUT2D eigenvalue weighted by molar-refractivity contribution is -0.385. The maximum absolute atomic E-state index is 14.1. The fourth-order valence-corrected chi connectivity index (χ4v) is 2.53. The van der Waals surface area contributed by atoms with E-state index in [4.69, 9.17) is 0 Å². The molecule has 2 aromatic rings. The highest BCUT2D eigenvalue weighted by Gasteiger charge is 2.25. The first kappa shape index (κ1) is 15.8. The average molecular weight is 338 g/mol. The van der Waals surface area contributed by atoms with Crippen LogP contribution in [0.15, 0.2) is 12.1 Å². The molecule has 1 N–H and O–H groups in total. The molecule has 0 unspecified atom stereocenters. The van der Waals surface area contributed by atoms with E-state index in [1.165, 1.54) is 11.9 Å². The van der Waals surface area contributed by atoms with Crippen molar-refractivity contribution in [3.63, 3.8) is 0 Å². The number of nitro benzene ring substituents is 1. The second-order valence-corrected chi connectivity index (χ2v) is 5.22. The predicted molar refractivity (Wildman–Crippen MR) is 77.5 cm³/mol. The third-order valence-corrected chi connectivity index (χ3v) is 3.62. The van der Waals surface area contributed by atoms with Crippen LogP contribution in [0, 0.1) is 21.7 Å². The third kappa shape index (κ3) is 2.64. The maximum atomic E-state index is 14.1. The Balaban J connectivity index is 1.90. The van der Waals surface area contributed by atoms with Gasteiger partial charge in [-0.15, -0.1) is 10.2 Å². The number of hydrogen-bond acceptors (Lipinski definition) is 6. The standard InChI is InChI=1S/C13H12F2N6O3/c1-19(11-8(14)4-7(21(23)24)5-9(11)15)6-10-17-18-12-13(22)16-2-3-20(10)12/h4-5H,2-3,6H2,1H3,(H,16,22). The number of aromatic nitrogens is 3. The van der Waals surface area contributed by atoms with Crippen molar-refractivity contribution in [2.75, 3.05) is 18.5 Å². The summed E-state index contributed by atoms with van der Waals surface area (Å²) in [6.45, 7) is 0.829. The summed E-state index contributed by atoms with van der Waals surface area (Å²) in [4.78, 5) is 22.6. The molecule has 0 aliphatic carbocycles. The molecule has 24 heavy (non-hydrogen) atoms. The predicted octanol–water partition coefficient (Wildman–Crippen LogP) is 0.844. The zero-order valence-corrected chi connectivity index (χ0v) is 12.5. The molecular weight excluding hydrogens is 326 g/mol. The van der Waals surface area contributed by atoms with Crippen LogP contribution in [0.5, 0.6) is 0 Å². The Hall–Kier alpha value is -3.11. The molecule has 1 aliphatic rings. The summed E-state index contributed by atoms with van der Waals surface area (Å²) in [5, 5.41) is 20.9. The quantitative estimate of drug-likeness (QED) is 0.654. The number of carbonyl (C=O) groups excluding carboxylic acids is 1. The average Bonchev–Trinajstić information content (AvgIpc) is 2.91. The van der Waals surface area contributed by atoms with Crippen molar-refractivity contribution < 1.29 is 18.5 Å². The molecule has 126 valence electrons. The molecular formula is C13H12F2N6O3. The number of benzene rings is 1. The number of rotatable bonds is 4. The van der Waals surface area contributed by atoms with E-state index >= 15 is 0 Å². The molecule has 0 fully saturated rings. The topological polar surface area (TPSA) is 106 Å². The van der Waals surface area contributed by atoms with E-state index < -0.39 is 27.9 Å². The van der Waals surface area contributed by atoms with Gasteiger partial charge in [0.2, 0.25) is 5.82 Å². The summed E-state index contributed by atoms with van der Waals surface area (Å²) < 4.78 is 29.7. The lowest BCUT2D eigenvalue weighted by atomic mass is 10.2. The number of hydrogen-bond donors (Lipinski definition) is 1. The number of halogens is 2. The normalized spacial score (nSPS) is 13.4. The smallest absolute Gasteiger partial charge is 0.289 e. The Morgan fingerprint density at radius 3 is 2.67 bits per heavy atom. The summed E-state index contributed by atoms with van der Waals surface area (Å²) >= 11 is 0. The molecule has 1 aliphatic heterocycles. The number of nitrogens with zero attached hydrogens (tertiary/aromatic N) is 5. The molecule has 0 radical (unpaired) electrons. The van der Waals surface area contributed by atoms with Gasteiger partial charge in [-0.1, -0.05) is 0 Å². The number of anilines is 1. The maximum Gasteiger partial charge on any atom is 0.289 e. The second-order valence-electron chi connectivity index (χ2n) is 5.22. The van der Waals surface area contributed by atoms with Crippen LogP contribution >= 0.6 is 0 Å². The number of nitrogens with one attached hydrogen (secondary N) is 1. The first-order chi connectivity index (χ1) is 11.4. The lowest BCUT2D eigenvalue weighted by Crippen LogP contribution is -2.36. The largest absolute Gasteiger partial charge is 0.362 e. The van der Waals surface area contributed by atoms with Gasteiger partial charge in [0.15, 0.2) is 17.5 Å². The van der Waals surface area contributed by atoms with Crippen molar-refractivity contribution in [3.8, 4) is 0 Å². The Bertz CT molecular complexity index is 814. The summed E-state index contributed by atoms with van der Waals surface area (Å²) in [6, 6.07) is 1.31. The van der Waals surface area contributed by atoms with Gasteiger partial charge in [0, 0.05) is 20.1 Å². The van der Waals surface area contributed by atoms with Gasteiger partial charge in [-0.05, 0) is 0 Å². The molecule has 0 spiro atoms. The first-order valence-electron chi connectivity index (χ1n) is 6.93. The highest BCUT2D eigenvalue weighted by molar-refractivity contribution is 5.91. The van der Waals surface area contributed by atoms with E-state index in [0.29, 0.717) is 31.0 Å². The molecule has 1 aromatic heterocycles. The van der Waals surface area contributed by atoms with Crippen molar-refractivity contribution in [1.82, 2.24) is 20.1 Å². The van der Waals surface area contributed by atoms with Gasteiger partial charge in [-0.25, -0.2) is 8.78 Å². The molecule has 0 bridgehead atoms. The molecule has 1 amide bonds. The molecule has 3 rings (SSSR count). The zero-order valence-electron chi connectivity index (χ0n) is 12.5. The summed E-state index contributed by atoms with van der Waals surface area (Å²) in [7, 11) is 1.41. The fraction of sp³-hybridized carbons (Fsp3) is 0.308. The number of carbonyl (C=O) groups is 1. The van der Waals surface area contributed by atoms with Crippen LogP contribution in [0.4, 0.5) is 20.2 Å². The summed E-state index contributed by atoms with van der Waals surface area (Å²) in [5.41, 5.74) is -1.09. The zero-order chi connectivity index (χ0) is 17.4. The van der Waals surface area contributed by atoms with E-state index in [2.05, 4.69) is 15.5 Å². The van der Waals surface area contributed by atoms with Crippen LogP contribution in [0.2, 0.25) is 0 Å². The molecule has 11 heteroatoms. The number of nitro groups is 1. The van der Waals surface area contributed by atoms with Gasteiger partial charge in [0.25, 0.3) is 11.6 Å². The summed E-state index contributed by atoms with van der Waals surface area (Å²) in [5.74, 6) is -1.98. The molecule has 0 saturated carbocycles. The van der Waals surface area contributed by atoms with Gasteiger partial charge in [0.1, 0.15) is 5.69 Å². The second kappa shape index (κ2) is 5.83. The van der Waals surface area contributed by atoms with Gasteiger partial charge in [-0.2, -0.15) is 0 Å².